The summed E-state index contributed by atoms with van der Waals surface area (Å²) in [5.41, 5.74) is 1.63. The standard InChI is InChI=1S/C15H19NO4S/c1-10(5-6-21(2)19)16-9-11-3-4-13-12(7-11)8-14(20-13)15(17)18/h3-4,7-8,10,16H,5-6,9H2,1-2H3,(H,17,18). The van der Waals surface area contributed by atoms with Crippen molar-refractivity contribution < 1.29 is 18.5 Å². The first-order valence-corrected chi connectivity index (χ1v) is 8.47. The number of fused-ring (bicyclic) bond motifs is 1. The molecule has 114 valence electrons. The van der Waals surface area contributed by atoms with Gasteiger partial charge >= 0.3 is 5.97 Å². The van der Waals surface area contributed by atoms with Crippen molar-refractivity contribution in [1.82, 2.24) is 5.32 Å². The molecule has 0 saturated heterocycles. The van der Waals surface area contributed by atoms with E-state index in [1.165, 1.54) is 6.07 Å². The van der Waals surface area contributed by atoms with E-state index in [1.807, 2.05) is 12.1 Å². The Morgan fingerprint density at radius 1 is 1.43 bits per heavy atom. The Bertz CT molecular complexity index is 665. The van der Waals surface area contributed by atoms with Crippen molar-refractivity contribution in [3.63, 3.8) is 0 Å². The minimum absolute atomic E-state index is 0.0473. The number of benzene rings is 1. The molecular weight excluding hydrogens is 290 g/mol. The van der Waals surface area contributed by atoms with Crippen LogP contribution in [-0.2, 0) is 17.3 Å². The SMILES string of the molecule is CC(CCS(C)=O)NCc1ccc2oc(C(=O)O)cc2c1. The van der Waals surface area contributed by atoms with Crippen molar-refractivity contribution in [3.8, 4) is 0 Å². The van der Waals surface area contributed by atoms with Crippen molar-refractivity contribution in [2.75, 3.05) is 12.0 Å². The summed E-state index contributed by atoms with van der Waals surface area (Å²) >= 11 is 0. The largest absolute Gasteiger partial charge is 0.475 e. The molecule has 2 aromatic rings. The highest BCUT2D eigenvalue weighted by Crippen LogP contribution is 2.21. The normalized spacial score (nSPS) is 14.2. The summed E-state index contributed by atoms with van der Waals surface area (Å²) in [6.07, 6.45) is 2.57. The van der Waals surface area contributed by atoms with E-state index >= 15 is 0 Å². The average molecular weight is 309 g/mol. The van der Waals surface area contributed by atoms with Crippen LogP contribution in [-0.4, -0.2) is 33.3 Å². The van der Waals surface area contributed by atoms with Crippen LogP contribution in [0.3, 0.4) is 0 Å². The molecule has 0 spiro atoms. The highest BCUT2D eigenvalue weighted by atomic mass is 32.2. The number of carbonyl (C=O) groups is 1. The van der Waals surface area contributed by atoms with Crippen molar-refractivity contribution >= 4 is 27.7 Å². The third kappa shape index (κ3) is 4.41. The Balaban J connectivity index is 1.99. The zero-order valence-corrected chi connectivity index (χ0v) is 12.9. The van der Waals surface area contributed by atoms with Gasteiger partial charge in [-0.1, -0.05) is 6.07 Å². The third-order valence-electron chi connectivity index (χ3n) is 3.28. The van der Waals surface area contributed by atoms with Crippen molar-refractivity contribution in [3.05, 3.63) is 35.6 Å². The molecule has 0 fully saturated rings. The third-order valence-corrected chi connectivity index (χ3v) is 4.10. The highest BCUT2D eigenvalue weighted by Gasteiger charge is 2.11. The van der Waals surface area contributed by atoms with E-state index in [0.29, 0.717) is 17.9 Å². The van der Waals surface area contributed by atoms with Gasteiger partial charge in [-0.3, -0.25) is 4.21 Å². The molecule has 1 aromatic heterocycles. The Kier molecular flexibility index (Phi) is 5.14. The molecule has 1 aromatic carbocycles. The molecule has 5 nitrogen and oxygen atoms in total. The second-order valence-electron chi connectivity index (χ2n) is 5.14. The average Bonchev–Trinajstić information content (AvgIpc) is 2.86. The number of nitrogens with one attached hydrogen (secondary N) is 1. The predicted molar refractivity (Wildman–Crippen MR) is 83.0 cm³/mol. The van der Waals surface area contributed by atoms with Crippen LogP contribution in [0, 0.1) is 0 Å². The summed E-state index contributed by atoms with van der Waals surface area (Å²) in [5.74, 6) is -0.419. The van der Waals surface area contributed by atoms with Crippen molar-refractivity contribution in [2.45, 2.75) is 25.9 Å². The molecule has 0 aliphatic heterocycles. The fraction of sp³-hybridized carbons (Fsp3) is 0.400. The van der Waals surface area contributed by atoms with Gasteiger partial charge in [-0.25, -0.2) is 4.79 Å². The Morgan fingerprint density at radius 3 is 2.86 bits per heavy atom. The lowest BCUT2D eigenvalue weighted by atomic mass is 10.1. The Labute approximate surface area is 125 Å². The quantitative estimate of drug-likeness (QED) is 0.821. The number of hydrogen-bond acceptors (Lipinski definition) is 4. The second kappa shape index (κ2) is 6.87. The molecule has 0 bridgehead atoms. The fourth-order valence-electron chi connectivity index (χ4n) is 2.05. The zero-order chi connectivity index (χ0) is 15.4. The number of rotatable bonds is 7. The van der Waals surface area contributed by atoms with Crippen LogP contribution in [0.25, 0.3) is 11.0 Å². The number of carboxylic acids is 1. The van der Waals surface area contributed by atoms with E-state index in [2.05, 4.69) is 12.2 Å². The molecule has 1 heterocycles. The van der Waals surface area contributed by atoms with Crippen LogP contribution in [0.5, 0.6) is 0 Å². The van der Waals surface area contributed by atoms with E-state index in [-0.39, 0.29) is 11.8 Å². The number of carboxylic acid groups (broad SMARTS) is 1. The summed E-state index contributed by atoms with van der Waals surface area (Å²) in [6, 6.07) is 7.43. The molecule has 0 radical (unpaired) electrons. The summed E-state index contributed by atoms with van der Waals surface area (Å²) in [7, 11) is -0.763. The number of hydrogen-bond donors (Lipinski definition) is 2. The van der Waals surface area contributed by atoms with Gasteiger partial charge in [-0.15, -0.1) is 0 Å². The minimum atomic E-state index is -1.06. The van der Waals surface area contributed by atoms with Gasteiger partial charge < -0.3 is 14.8 Å². The maximum atomic E-state index is 11.1. The first-order valence-electron chi connectivity index (χ1n) is 6.75. The first-order chi connectivity index (χ1) is 9.95. The van der Waals surface area contributed by atoms with Crippen molar-refractivity contribution in [1.29, 1.82) is 0 Å². The monoisotopic (exact) mass is 309 g/mol. The molecule has 6 heteroatoms. The van der Waals surface area contributed by atoms with E-state index in [4.69, 9.17) is 9.52 Å². The summed E-state index contributed by atoms with van der Waals surface area (Å²) in [6.45, 7) is 2.74. The molecule has 0 aliphatic carbocycles. The van der Waals surface area contributed by atoms with Crippen LogP contribution in [0.4, 0.5) is 0 Å². The maximum Gasteiger partial charge on any atom is 0.371 e. The number of furan rings is 1. The summed E-state index contributed by atoms with van der Waals surface area (Å²) in [5, 5.41) is 13.1. The van der Waals surface area contributed by atoms with E-state index in [9.17, 15) is 9.00 Å². The van der Waals surface area contributed by atoms with Crippen LogP contribution in [0.15, 0.2) is 28.7 Å². The predicted octanol–water partition coefficient (Wildman–Crippen LogP) is 2.38. The van der Waals surface area contributed by atoms with Gasteiger partial charge in [-0.2, -0.15) is 0 Å². The van der Waals surface area contributed by atoms with Gasteiger partial charge in [0, 0.05) is 40.8 Å². The molecule has 2 atom stereocenters. The first kappa shape index (κ1) is 15.7. The molecule has 2 N–H and O–H groups in total. The Morgan fingerprint density at radius 2 is 2.19 bits per heavy atom. The van der Waals surface area contributed by atoms with Gasteiger partial charge in [-0.05, 0) is 37.1 Å². The number of aromatic carboxylic acids is 1. The van der Waals surface area contributed by atoms with Gasteiger partial charge in [0.2, 0.25) is 5.76 Å². The summed E-state index contributed by atoms with van der Waals surface area (Å²) < 4.78 is 16.3. The highest BCUT2D eigenvalue weighted by molar-refractivity contribution is 7.84. The smallest absolute Gasteiger partial charge is 0.371 e. The van der Waals surface area contributed by atoms with Crippen molar-refractivity contribution in [2.24, 2.45) is 0 Å². The maximum absolute atomic E-state index is 11.1. The van der Waals surface area contributed by atoms with Crippen LogP contribution in [0.1, 0.15) is 29.5 Å². The topological polar surface area (TPSA) is 79.5 Å². The van der Waals surface area contributed by atoms with Crippen LogP contribution in [0.2, 0.25) is 0 Å². The van der Waals surface area contributed by atoms with Gasteiger partial charge in [0.05, 0.1) is 0 Å². The molecule has 21 heavy (non-hydrogen) atoms. The molecule has 0 amide bonds. The van der Waals surface area contributed by atoms with E-state index in [0.717, 1.165) is 17.4 Å². The molecule has 0 aliphatic rings. The van der Waals surface area contributed by atoms with Gasteiger partial charge in [0.25, 0.3) is 0 Å². The van der Waals surface area contributed by atoms with Gasteiger partial charge in [0.1, 0.15) is 5.58 Å². The molecule has 2 unspecified atom stereocenters. The van der Waals surface area contributed by atoms with Crippen LogP contribution < -0.4 is 5.32 Å². The van der Waals surface area contributed by atoms with E-state index < -0.39 is 16.8 Å². The van der Waals surface area contributed by atoms with Crippen LogP contribution >= 0.6 is 0 Å². The molecular formula is C15H19NO4S. The van der Waals surface area contributed by atoms with Gasteiger partial charge in [0.15, 0.2) is 0 Å². The lowest BCUT2D eigenvalue weighted by molar-refractivity contribution is 0.0665. The summed E-state index contributed by atoms with van der Waals surface area (Å²) in [4.78, 5) is 10.9. The molecule has 0 saturated carbocycles. The van der Waals surface area contributed by atoms with E-state index in [1.54, 1.807) is 12.3 Å². The fourth-order valence-corrected chi connectivity index (χ4v) is 2.73. The molecule has 2 rings (SSSR count). The zero-order valence-electron chi connectivity index (χ0n) is 12.1. The second-order valence-corrected chi connectivity index (χ2v) is 6.69. The lowest BCUT2D eigenvalue weighted by Crippen LogP contribution is -2.26. The minimum Gasteiger partial charge on any atom is -0.475 e. The Hall–Kier alpha value is -1.66. The lowest BCUT2D eigenvalue weighted by Gasteiger charge is -2.13.